The van der Waals surface area contributed by atoms with Crippen LogP contribution < -0.4 is 5.32 Å². The van der Waals surface area contributed by atoms with Crippen LogP contribution in [0, 0.1) is 6.92 Å². The molecular weight excluding hydrogens is 212 g/mol. The first-order chi connectivity index (χ1) is 8.26. The van der Waals surface area contributed by atoms with Crippen molar-refractivity contribution < 1.29 is 4.42 Å². The van der Waals surface area contributed by atoms with E-state index in [1.54, 1.807) is 0 Å². The lowest BCUT2D eigenvalue weighted by atomic mass is 9.97. The fourth-order valence-electron chi connectivity index (χ4n) is 3.52. The summed E-state index contributed by atoms with van der Waals surface area (Å²) in [7, 11) is 2.09. The number of hydrogen-bond donors (Lipinski definition) is 1. The average Bonchev–Trinajstić information content (AvgIpc) is 2.82. The molecule has 17 heavy (non-hydrogen) atoms. The van der Waals surface area contributed by atoms with Crippen molar-refractivity contribution in [3.05, 3.63) is 23.7 Å². The third kappa shape index (κ3) is 2.14. The Hall–Kier alpha value is -0.800. The Morgan fingerprint density at radius 3 is 2.53 bits per heavy atom. The van der Waals surface area contributed by atoms with Gasteiger partial charge in [0.05, 0.1) is 6.54 Å². The monoisotopic (exact) mass is 234 g/mol. The van der Waals surface area contributed by atoms with Crippen molar-refractivity contribution in [2.24, 2.45) is 0 Å². The van der Waals surface area contributed by atoms with Gasteiger partial charge in [-0.3, -0.25) is 4.90 Å². The van der Waals surface area contributed by atoms with Gasteiger partial charge in [0.15, 0.2) is 0 Å². The summed E-state index contributed by atoms with van der Waals surface area (Å²) >= 11 is 0. The molecular formula is C14H22N2O. The van der Waals surface area contributed by atoms with Crippen molar-refractivity contribution in [1.82, 2.24) is 10.2 Å². The van der Waals surface area contributed by atoms with E-state index in [2.05, 4.69) is 29.4 Å². The highest BCUT2D eigenvalue weighted by molar-refractivity contribution is 5.07. The van der Waals surface area contributed by atoms with Gasteiger partial charge in [-0.05, 0) is 51.8 Å². The summed E-state index contributed by atoms with van der Waals surface area (Å²) in [6, 6.07) is 6.44. The third-order valence-corrected chi connectivity index (χ3v) is 4.43. The highest BCUT2D eigenvalue weighted by atomic mass is 16.3. The van der Waals surface area contributed by atoms with Gasteiger partial charge in [0.2, 0.25) is 0 Å². The van der Waals surface area contributed by atoms with Crippen LogP contribution in [0.1, 0.15) is 37.2 Å². The van der Waals surface area contributed by atoms with Crippen LogP contribution in [0.2, 0.25) is 0 Å². The zero-order valence-corrected chi connectivity index (χ0v) is 10.8. The molecule has 3 nitrogen and oxygen atoms in total. The van der Waals surface area contributed by atoms with E-state index >= 15 is 0 Å². The first kappa shape index (κ1) is 11.3. The molecule has 2 saturated heterocycles. The molecule has 0 amide bonds. The minimum Gasteiger partial charge on any atom is -0.465 e. The van der Waals surface area contributed by atoms with Crippen LogP contribution >= 0.6 is 0 Å². The molecule has 2 aliphatic heterocycles. The molecule has 1 aromatic heterocycles. The average molecular weight is 234 g/mol. The van der Waals surface area contributed by atoms with Gasteiger partial charge in [0.1, 0.15) is 11.5 Å². The Labute approximate surface area is 103 Å². The molecule has 1 N–H and O–H groups in total. The Morgan fingerprint density at radius 1 is 1.29 bits per heavy atom. The Bertz CT molecular complexity index is 373. The zero-order valence-electron chi connectivity index (χ0n) is 10.8. The van der Waals surface area contributed by atoms with Gasteiger partial charge < -0.3 is 9.73 Å². The van der Waals surface area contributed by atoms with E-state index in [-0.39, 0.29) is 0 Å². The molecule has 3 heterocycles. The second-order valence-electron chi connectivity index (χ2n) is 5.53. The second-order valence-corrected chi connectivity index (χ2v) is 5.53. The second kappa shape index (κ2) is 4.46. The largest absolute Gasteiger partial charge is 0.465 e. The number of furan rings is 1. The van der Waals surface area contributed by atoms with Crippen molar-refractivity contribution in [2.45, 2.75) is 57.3 Å². The molecule has 0 aliphatic carbocycles. The maximum Gasteiger partial charge on any atom is 0.118 e. The molecule has 0 radical (unpaired) electrons. The van der Waals surface area contributed by atoms with Gasteiger partial charge in [-0.15, -0.1) is 0 Å². The van der Waals surface area contributed by atoms with Crippen molar-refractivity contribution in [2.75, 3.05) is 7.05 Å². The van der Waals surface area contributed by atoms with E-state index < -0.39 is 0 Å². The van der Waals surface area contributed by atoms with Gasteiger partial charge in [-0.25, -0.2) is 0 Å². The van der Waals surface area contributed by atoms with Gasteiger partial charge in [-0.1, -0.05) is 0 Å². The van der Waals surface area contributed by atoms with Crippen LogP contribution in [0.25, 0.3) is 0 Å². The molecule has 0 saturated carbocycles. The number of aryl methyl sites for hydroxylation is 1. The van der Waals surface area contributed by atoms with Crippen molar-refractivity contribution in [3.8, 4) is 0 Å². The highest BCUT2D eigenvalue weighted by Crippen LogP contribution is 2.36. The lowest BCUT2D eigenvalue weighted by Crippen LogP contribution is -2.47. The molecule has 2 fully saturated rings. The lowest BCUT2D eigenvalue weighted by molar-refractivity contribution is 0.103. The summed E-state index contributed by atoms with van der Waals surface area (Å²) in [5.41, 5.74) is 0. The van der Waals surface area contributed by atoms with Gasteiger partial charge >= 0.3 is 0 Å². The molecule has 2 bridgehead atoms. The smallest absolute Gasteiger partial charge is 0.118 e. The molecule has 1 aromatic rings. The number of nitrogens with zero attached hydrogens (tertiary/aromatic N) is 1. The molecule has 0 aromatic carbocycles. The van der Waals surface area contributed by atoms with Gasteiger partial charge in [0.25, 0.3) is 0 Å². The summed E-state index contributed by atoms with van der Waals surface area (Å²) < 4.78 is 5.71. The predicted octanol–water partition coefficient (Wildman–Crippen LogP) is 2.30. The molecule has 2 aliphatic rings. The van der Waals surface area contributed by atoms with Gasteiger partial charge in [0, 0.05) is 18.1 Å². The van der Waals surface area contributed by atoms with E-state index in [0.717, 1.165) is 36.2 Å². The van der Waals surface area contributed by atoms with Crippen molar-refractivity contribution in [3.63, 3.8) is 0 Å². The van der Waals surface area contributed by atoms with E-state index in [4.69, 9.17) is 4.42 Å². The third-order valence-electron chi connectivity index (χ3n) is 4.43. The first-order valence-corrected chi connectivity index (χ1v) is 6.74. The summed E-state index contributed by atoms with van der Waals surface area (Å²) in [6.07, 6.45) is 5.32. The number of nitrogens with one attached hydrogen (secondary N) is 1. The van der Waals surface area contributed by atoms with Gasteiger partial charge in [-0.2, -0.15) is 0 Å². The molecule has 0 spiro atoms. The predicted molar refractivity (Wildman–Crippen MR) is 67.9 cm³/mol. The SMILES string of the molecule is CNC1CC2CCC(C1)N2Cc1ccc(C)o1. The Balaban J connectivity index is 1.69. The quantitative estimate of drug-likeness (QED) is 0.870. The topological polar surface area (TPSA) is 28.4 Å². The minimum atomic E-state index is 0.724. The lowest BCUT2D eigenvalue weighted by Gasteiger charge is -2.38. The molecule has 2 atom stereocenters. The van der Waals surface area contributed by atoms with Crippen LogP contribution in [-0.2, 0) is 6.54 Å². The molecule has 94 valence electrons. The summed E-state index contributed by atoms with van der Waals surface area (Å²) in [5.74, 6) is 2.15. The summed E-state index contributed by atoms with van der Waals surface area (Å²) in [5, 5.41) is 3.44. The molecule has 3 heteroatoms. The number of piperidine rings is 1. The number of fused-ring (bicyclic) bond motifs is 2. The van der Waals surface area contributed by atoms with Crippen LogP contribution in [0.5, 0.6) is 0 Å². The maximum absolute atomic E-state index is 5.71. The standard InChI is InChI=1S/C14H22N2O/c1-10-3-6-14(17-10)9-16-12-4-5-13(16)8-11(7-12)15-2/h3,6,11-13,15H,4-5,7-9H2,1-2H3. The van der Waals surface area contributed by atoms with E-state index in [1.807, 2.05) is 6.92 Å². The number of rotatable bonds is 3. The van der Waals surface area contributed by atoms with Crippen LogP contribution in [-0.4, -0.2) is 30.1 Å². The van der Waals surface area contributed by atoms with Crippen molar-refractivity contribution in [1.29, 1.82) is 0 Å². The maximum atomic E-state index is 5.71. The number of hydrogen-bond acceptors (Lipinski definition) is 3. The van der Waals surface area contributed by atoms with Crippen LogP contribution in [0.4, 0.5) is 0 Å². The van der Waals surface area contributed by atoms with E-state index in [9.17, 15) is 0 Å². The zero-order chi connectivity index (χ0) is 11.8. The first-order valence-electron chi connectivity index (χ1n) is 6.74. The molecule has 3 rings (SSSR count). The minimum absolute atomic E-state index is 0.724. The van der Waals surface area contributed by atoms with E-state index in [0.29, 0.717) is 0 Å². The van der Waals surface area contributed by atoms with Crippen molar-refractivity contribution >= 4 is 0 Å². The van der Waals surface area contributed by atoms with Crippen LogP contribution in [0.3, 0.4) is 0 Å². The normalized spacial score (nSPS) is 33.2. The van der Waals surface area contributed by atoms with E-state index in [1.165, 1.54) is 25.7 Å². The fourth-order valence-corrected chi connectivity index (χ4v) is 3.52. The summed E-state index contributed by atoms with van der Waals surface area (Å²) in [4.78, 5) is 2.66. The molecule has 2 unspecified atom stereocenters. The summed E-state index contributed by atoms with van der Waals surface area (Å²) in [6.45, 7) is 3.02. The van der Waals surface area contributed by atoms with Crippen LogP contribution in [0.15, 0.2) is 16.5 Å². The Morgan fingerprint density at radius 2 is 2.00 bits per heavy atom. The highest BCUT2D eigenvalue weighted by Gasteiger charge is 2.40. The Kier molecular flexibility index (Phi) is 2.97. The fraction of sp³-hybridized carbons (Fsp3) is 0.714.